The monoisotopic (exact) mass is 370 g/mol. The second-order valence-corrected chi connectivity index (χ2v) is 8.30. The summed E-state index contributed by atoms with van der Waals surface area (Å²) >= 11 is 5.83. The van der Waals surface area contributed by atoms with E-state index in [2.05, 4.69) is 11.4 Å². The van der Waals surface area contributed by atoms with Gasteiger partial charge in [0.25, 0.3) is 0 Å². The molecule has 0 spiro atoms. The number of rotatable bonds is 7. The molecule has 0 bridgehead atoms. The molecule has 1 aliphatic carbocycles. The fourth-order valence-electron chi connectivity index (χ4n) is 2.69. The first-order valence-corrected chi connectivity index (χ1v) is 10.3. The van der Waals surface area contributed by atoms with E-state index in [1.165, 1.54) is 18.4 Å². The zero-order chi connectivity index (χ0) is 17.6. The average molecular weight is 371 g/mol. The summed E-state index contributed by atoms with van der Waals surface area (Å²) in [4.78, 5) is 12.1. The molecule has 1 aromatic carbocycles. The molecule has 1 N–H and O–H groups in total. The molecule has 0 aromatic heterocycles. The number of sulfonamides is 1. The Morgan fingerprint density at radius 3 is 2.54 bits per heavy atom. The van der Waals surface area contributed by atoms with Crippen molar-refractivity contribution in [2.75, 3.05) is 23.7 Å². The van der Waals surface area contributed by atoms with E-state index in [1.807, 2.05) is 0 Å². The largest absolute Gasteiger partial charge is 0.354 e. The predicted molar refractivity (Wildman–Crippen MR) is 97.8 cm³/mol. The van der Waals surface area contributed by atoms with Gasteiger partial charge in [-0.05, 0) is 56.4 Å². The normalized spacial score (nSPS) is 14.8. The lowest BCUT2D eigenvalue weighted by Crippen LogP contribution is -2.40. The highest BCUT2D eigenvalue weighted by atomic mass is 35.5. The fraction of sp³-hybridized carbons (Fsp3) is 0.471. The van der Waals surface area contributed by atoms with E-state index < -0.39 is 10.0 Å². The zero-order valence-corrected chi connectivity index (χ0v) is 15.4. The molecule has 0 unspecified atom stereocenters. The number of nitrogens with zero attached hydrogens (tertiary/aromatic N) is 1. The molecule has 2 rings (SSSR count). The Labute approximate surface area is 148 Å². The quantitative estimate of drug-likeness (QED) is 0.750. The van der Waals surface area contributed by atoms with Crippen LogP contribution in [0.5, 0.6) is 0 Å². The molecule has 0 saturated carbocycles. The molecule has 7 heteroatoms. The van der Waals surface area contributed by atoms with Crippen molar-refractivity contribution < 1.29 is 13.2 Å². The van der Waals surface area contributed by atoms with Crippen LogP contribution in [0.15, 0.2) is 35.9 Å². The van der Waals surface area contributed by atoms with Gasteiger partial charge in [-0.25, -0.2) is 8.42 Å². The van der Waals surface area contributed by atoms with Gasteiger partial charge in [-0.2, -0.15) is 0 Å². The molecule has 0 saturated heterocycles. The van der Waals surface area contributed by atoms with E-state index in [0.717, 1.165) is 29.8 Å². The van der Waals surface area contributed by atoms with Crippen LogP contribution >= 0.6 is 11.6 Å². The summed E-state index contributed by atoms with van der Waals surface area (Å²) in [7, 11) is -3.55. The minimum Gasteiger partial charge on any atom is -0.354 e. The number of anilines is 1. The van der Waals surface area contributed by atoms with Gasteiger partial charge in [-0.3, -0.25) is 9.10 Å². The summed E-state index contributed by atoms with van der Waals surface area (Å²) in [6.45, 7) is 0.294. The van der Waals surface area contributed by atoms with Crippen LogP contribution in [0, 0.1) is 0 Å². The van der Waals surface area contributed by atoms with Crippen LogP contribution in [-0.4, -0.2) is 33.7 Å². The summed E-state index contributed by atoms with van der Waals surface area (Å²) in [6.07, 6.45) is 8.80. The number of carbonyl (C=O) groups excluding carboxylic acids is 1. The molecule has 1 aromatic rings. The maximum Gasteiger partial charge on any atom is 0.240 e. The van der Waals surface area contributed by atoms with Crippen molar-refractivity contribution in [1.82, 2.24) is 5.32 Å². The van der Waals surface area contributed by atoms with Gasteiger partial charge >= 0.3 is 0 Å². The lowest BCUT2D eigenvalue weighted by atomic mass is 9.97. The molecule has 0 atom stereocenters. The van der Waals surface area contributed by atoms with Gasteiger partial charge in [0.2, 0.25) is 15.9 Å². The van der Waals surface area contributed by atoms with Crippen LogP contribution in [0.25, 0.3) is 0 Å². The first-order valence-electron chi connectivity index (χ1n) is 8.04. The third-order valence-electron chi connectivity index (χ3n) is 3.96. The van der Waals surface area contributed by atoms with Gasteiger partial charge in [0.15, 0.2) is 0 Å². The molecule has 0 radical (unpaired) electrons. The van der Waals surface area contributed by atoms with Crippen molar-refractivity contribution in [3.63, 3.8) is 0 Å². The minimum atomic E-state index is -3.55. The number of halogens is 1. The van der Waals surface area contributed by atoms with Crippen molar-refractivity contribution in [1.29, 1.82) is 0 Å². The maximum atomic E-state index is 12.1. The predicted octanol–water partition coefficient (Wildman–Crippen LogP) is 3.11. The standard InChI is InChI=1S/C17H23ClN2O3S/c1-24(22,23)20(16-9-7-15(18)8-10-16)13-17(21)19-12-11-14-5-3-2-4-6-14/h5,7-10H,2-4,6,11-13H2,1H3,(H,19,21). The zero-order valence-electron chi connectivity index (χ0n) is 13.8. The molecule has 1 aliphatic rings. The van der Waals surface area contributed by atoms with Gasteiger partial charge in [0.1, 0.15) is 6.54 Å². The van der Waals surface area contributed by atoms with Crippen LogP contribution in [0.3, 0.4) is 0 Å². The highest BCUT2D eigenvalue weighted by Gasteiger charge is 2.20. The van der Waals surface area contributed by atoms with E-state index in [-0.39, 0.29) is 12.5 Å². The van der Waals surface area contributed by atoms with Crippen LogP contribution in [0.2, 0.25) is 5.02 Å². The van der Waals surface area contributed by atoms with Gasteiger partial charge < -0.3 is 5.32 Å². The Balaban J connectivity index is 1.92. The molecule has 0 fully saturated rings. The van der Waals surface area contributed by atoms with Crippen LogP contribution in [-0.2, 0) is 14.8 Å². The Morgan fingerprint density at radius 1 is 1.25 bits per heavy atom. The van der Waals surface area contributed by atoms with Crippen molar-refractivity contribution >= 4 is 33.2 Å². The molecule has 24 heavy (non-hydrogen) atoms. The number of amides is 1. The molecular weight excluding hydrogens is 348 g/mol. The SMILES string of the molecule is CS(=O)(=O)N(CC(=O)NCCC1=CCCCC1)c1ccc(Cl)cc1. The number of benzene rings is 1. The van der Waals surface area contributed by atoms with E-state index in [9.17, 15) is 13.2 Å². The highest BCUT2D eigenvalue weighted by molar-refractivity contribution is 7.92. The number of hydrogen-bond donors (Lipinski definition) is 1. The van der Waals surface area contributed by atoms with E-state index in [4.69, 9.17) is 11.6 Å². The Morgan fingerprint density at radius 2 is 1.96 bits per heavy atom. The topological polar surface area (TPSA) is 66.5 Å². The third kappa shape index (κ3) is 5.83. The average Bonchev–Trinajstić information content (AvgIpc) is 2.54. The van der Waals surface area contributed by atoms with Gasteiger partial charge in [0.05, 0.1) is 11.9 Å². The molecule has 1 amide bonds. The first kappa shape index (κ1) is 18.8. The summed E-state index contributed by atoms with van der Waals surface area (Å²) in [6, 6.07) is 6.37. The molecular formula is C17H23ClN2O3S. The molecule has 0 heterocycles. The summed E-state index contributed by atoms with van der Waals surface area (Å²) < 4.78 is 25.0. The van der Waals surface area contributed by atoms with Crippen molar-refractivity contribution in [2.45, 2.75) is 32.1 Å². The molecule has 0 aliphatic heterocycles. The Hall–Kier alpha value is -1.53. The first-order chi connectivity index (χ1) is 11.4. The smallest absolute Gasteiger partial charge is 0.240 e. The van der Waals surface area contributed by atoms with Gasteiger partial charge in [-0.15, -0.1) is 0 Å². The van der Waals surface area contributed by atoms with Crippen LogP contribution < -0.4 is 9.62 Å². The van der Waals surface area contributed by atoms with Crippen LogP contribution in [0.4, 0.5) is 5.69 Å². The number of nitrogens with one attached hydrogen (secondary N) is 1. The van der Waals surface area contributed by atoms with Crippen LogP contribution in [0.1, 0.15) is 32.1 Å². The van der Waals surface area contributed by atoms with Crippen molar-refractivity contribution in [3.05, 3.63) is 40.9 Å². The lowest BCUT2D eigenvalue weighted by Gasteiger charge is -2.22. The molecule has 5 nitrogen and oxygen atoms in total. The van der Waals surface area contributed by atoms with E-state index in [0.29, 0.717) is 17.3 Å². The summed E-state index contributed by atoms with van der Waals surface area (Å²) in [5.41, 5.74) is 1.80. The Bertz CT molecular complexity index is 699. The Kier molecular flexibility index (Phi) is 6.69. The summed E-state index contributed by atoms with van der Waals surface area (Å²) in [5, 5.41) is 3.31. The van der Waals surface area contributed by atoms with E-state index >= 15 is 0 Å². The van der Waals surface area contributed by atoms with Gasteiger partial charge in [0, 0.05) is 11.6 Å². The maximum absolute atomic E-state index is 12.1. The minimum absolute atomic E-state index is 0.237. The van der Waals surface area contributed by atoms with Crippen molar-refractivity contribution in [2.24, 2.45) is 0 Å². The fourth-order valence-corrected chi connectivity index (χ4v) is 3.67. The number of hydrogen-bond acceptors (Lipinski definition) is 3. The lowest BCUT2D eigenvalue weighted by molar-refractivity contribution is -0.119. The summed E-state index contributed by atoms with van der Waals surface area (Å²) in [5.74, 6) is -0.313. The van der Waals surface area contributed by atoms with Crippen molar-refractivity contribution in [3.8, 4) is 0 Å². The second-order valence-electron chi connectivity index (χ2n) is 5.95. The third-order valence-corrected chi connectivity index (χ3v) is 5.35. The van der Waals surface area contributed by atoms with E-state index in [1.54, 1.807) is 24.3 Å². The van der Waals surface area contributed by atoms with Gasteiger partial charge in [-0.1, -0.05) is 23.3 Å². The number of carbonyl (C=O) groups is 1. The second kappa shape index (κ2) is 8.53. The molecule has 132 valence electrons. The number of allylic oxidation sites excluding steroid dienone is 1. The highest BCUT2D eigenvalue weighted by Crippen LogP contribution is 2.21.